The van der Waals surface area contributed by atoms with Crippen LogP contribution in [0.1, 0.15) is 28.6 Å². The number of furan rings is 1. The van der Waals surface area contributed by atoms with Gasteiger partial charge >= 0.3 is 0 Å². The lowest BCUT2D eigenvalue weighted by Crippen LogP contribution is -1.94. The number of nitrogens with zero attached hydrogens (tertiary/aromatic N) is 3. The summed E-state index contributed by atoms with van der Waals surface area (Å²) >= 11 is 8.01. The molecule has 5 nitrogen and oxygen atoms in total. The highest BCUT2D eigenvalue weighted by atomic mass is 35.5. The number of H-pyrrole nitrogens is 1. The molecule has 0 saturated carbocycles. The molecule has 0 spiro atoms. The minimum Gasteiger partial charge on any atom is -0.462 e. The van der Waals surface area contributed by atoms with Crippen molar-refractivity contribution in [3.8, 4) is 0 Å². The van der Waals surface area contributed by atoms with Gasteiger partial charge in [0.15, 0.2) is 0 Å². The third-order valence-corrected chi connectivity index (χ3v) is 5.49. The summed E-state index contributed by atoms with van der Waals surface area (Å²) < 4.78 is 5.50. The molecule has 0 aliphatic carbocycles. The summed E-state index contributed by atoms with van der Waals surface area (Å²) in [5.74, 6) is 2.92. The molecule has 0 bridgehead atoms. The van der Waals surface area contributed by atoms with E-state index in [2.05, 4.69) is 15.2 Å². The zero-order chi connectivity index (χ0) is 18.8. The predicted octanol–water partition coefficient (Wildman–Crippen LogP) is 5.68. The second-order valence-electron chi connectivity index (χ2n) is 6.09. The van der Waals surface area contributed by atoms with Crippen LogP contribution in [0.25, 0.3) is 23.1 Å². The first-order valence-electron chi connectivity index (χ1n) is 8.43. The molecule has 1 aromatic carbocycles. The molecule has 4 rings (SSSR count). The van der Waals surface area contributed by atoms with Crippen molar-refractivity contribution in [2.45, 2.75) is 24.8 Å². The number of nitrogens with one attached hydrogen (secondary N) is 1. The Balaban J connectivity index is 1.48. The van der Waals surface area contributed by atoms with Gasteiger partial charge in [-0.1, -0.05) is 41.6 Å². The number of hydrogen-bond acceptors (Lipinski definition) is 5. The van der Waals surface area contributed by atoms with E-state index in [0.717, 1.165) is 33.7 Å². The molecule has 1 N–H and O–H groups in total. The smallest absolute Gasteiger partial charge is 0.209 e. The molecule has 27 heavy (non-hydrogen) atoms. The van der Waals surface area contributed by atoms with Gasteiger partial charge in [0.25, 0.3) is 0 Å². The van der Waals surface area contributed by atoms with E-state index in [0.29, 0.717) is 21.8 Å². The molecule has 0 unspecified atom stereocenters. The number of aromatic amines is 1. The van der Waals surface area contributed by atoms with Crippen LogP contribution in [0.2, 0.25) is 5.02 Å². The summed E-state index contributed by atoms with van der Waals surface area (Å²) in [6.07, 6.45) is 3.69. The van der Waals surface area contributed by atoms with E-state index in [9.17, 15) is 0 Å². The van der Waals surface area contributed by atoms with E-state index in [1.54, 1.807) is 0 Å². The predicted molar refractivity (Wildman–Crippen MR) is 110 cm³/mol. The quantitative estimate of drug-likeness (QED) is 0.439. The fourth-order valence-electron chi connectivity index (χ4n) is 2.75. The Kier molecular flexibility index (Phi) is 5.01. The third kappa shape index (κ3) is 3.91. The lowest BCUT2D eigenvalue weighted by molar-refractivity contribution is 0.525. The highest BCUT2D eigenvalue weighted by Gasteiger charge is 2.12. The first kappa shape index (κ1) is 17.8. The van der Waals surface area contributed by atoms with Gasteiger partial charge in [0.05, 0.1) is 16.2 Å². The molecule has 4 aromatic rings. The molecular formula is C20H17ClN4OS. The van der Waals surface area contributed by atoms with Crippen molar-refractivity contribution in [1.82, 2.24) is 20.2 Å². The molecule has 0 atom stereocenters. The van der Waals surface area contributed by atoms with Gasteiger partial charge in [-0.3, -0.25) is 10.1 Å². The number of fused-ring (bicyclic) bond motifs is 1. The fraction of sp³-hybridized carbons (Fsp3) is 0.150. The number of hydrogen-bond donors (Lipinski definition) is 1. The first-order chi connectivity index (χ1) is 13.1. The maximum Gasteiger partial charge on any atom is 0.209 e. The Morgan fingerprint density at radius 2 is 1.96 bits per heavy atom. The van der Waals surface area contributed by atoms with E-state index in [1.165, 1.54) is 11.8 Å². The molecule has 0 fully saturated rings. The standard InChI is InChI=1S/C20H17ClN4OS/c1-12-7-8-14(26-12)9-10-18-23-20(25-24-18)27-11-17-19(21)13(2)15-5-3-4-6-16(15)22-17/h3-10H,11H2,1-2H3,(H,23,24,25)/b10-9+. The Bertz CT molecular complexity index is 1130. The number of aromatic nitrogens is 4. The molecule has 0 amide bonds. The molecule has 3 heterocycles. The lowest BCUT2D eigenvalue weighted by atomic mass is 10.1. The number of halogens is 1. The second-order valence-corrected chi connectivity index (χ2v) is 7.41. The Hall–Kier alpha value is -2.57. The van der Waals surface area contributed by atoms with E-state index >= 15 is 0 Å². The number of rotatable bonds is 5. The SMILES string of the molecule is Cc1ccc(/C=C/c2nc(SCc3nc4ccccc4c(C)c3Cl)n[nH]2)o1. The molecule has 0 radical (unpaired) electrons. The summed E-state index contributed by atoms with van der Waals surface area (Å²) in [4.78, 5) is 9.15. The van der Waals surface area contributed by atoms with Gasteiger partial charge in [0, 0.05) is 11.1 Å². The van der Waals surface area contributed by atoms with Crippen LogP contribution in [0.5, 0.6) is 0 Å². The minimum absolute atomic E-state index is 0.600. The van der Waals surface area contributed by atoms with Crippen LogP contribution >= 0.6 is 23.4 Å². The number of benzene rings is 1. The third-order valence-electron chi connectivity index (χ3n) is 4.13. The number of para-hydroxylation sites is 1. The normalized spacial score (nSPS) is 11.7. The van der Waals surface area contributed by atoms with E-state index in [-0.39, 0.29) is 0 Å². The van der Waals surface area contributed by atoms with Crippen LogP contribution in [0.3, 0.4) is 0 Å². The zero-order valence-corrected chi connectivity index (χ0v) is 16.4. The van der Waals surface area contributed by atoms with E-state index < -0.39 is 0 Å². The van der Waals surface area contributed by atoms with Crippen molar-refractivity contribution >= 4 is 46.4 Å². The van der Waals surface area contributed by atoms with Gasteiger partial charge in [-0.15, -0.1) is 5.10 Å². The highest BCUT2D eigenvalue weighted by Crippen LogP contribution is 2.30. The minimum atomic E-state index is 0.600. The lowest BCUT2D eigenvalue weighted by Gasteiger charge is -2.08. The van der Waals surface area contributed by atoms with Crippen LogP contribution < -0.4 is 0 Å². The fourth-order valence-corrected chi connectivity index (χ4v) is 3.79. The Morgan fingerprint density at radius 3 is 2.78 bits per heavy atom. The topological polar surface area (TPSA) is 67.6 Å². The monoisotopic (exact) mass is 396 g/mol. The molecule has 3 aromatic heterocycles. The number of aryl methyl sites for hydroxylation is 2. The van der Waals surface area contributed by atoms with Crippen molar-refractivity contribution in [3.05, 3.63) is 70.0 Å². The molecule has 0 aliphatic heterocycles. The van der Waals surface area contributed by atoms with Gasteiger partial charge in [-0.2, -0.15) is 0 Å². The van der Waals surface area contributed by atoms with Crippen LogP contribution in [0.4, 0.5) is 0 Å². The summed E-state index contributed by atoms with van der Waals surface area (Å²) in [6.45, 7) is 3.93. The zero-order valence-electron chi connectivity index (χ0n) is 14.9. The second kappa shape index (κ2) is 7.58. The van der Waals surface area contributed by atoms with Crippen LogP contribution in [0.15, 0.2) is 46.0 Å². The summed E-state index contributed by atoms with van der Waals surface area (Å²) in [5, 5.41) is 9.57. The molecule has 7 heteroatoms. The number of pyridine rings is 1. The summed E-state index contributed by atoms with van der Waals surface area (Å²) in [7, 11) is 0. The van der Waals surface area contributed by atoms with Crippen molar-refractivity contribution in [3.63, 3.8) is 0 Å². The van der Waals surface area contributed by atoms with E-state index in [1.807, 2.05) is 62.4 Å². The Labute approximate surface area is 165 Å². The van der Waals surface area contributed by atoms with Gasteiger partial charge in [0.1, 0.15) is 17.3 Å². The molecular weight excluding hydrogens is 380 g/mol. The van der Waals surface area contributed by atoms with Crippen LogP contribution in [-0.4, -0.2) is 20.2 Å². The van der Waals surface area contributed by atoms with Gasteiger partial charge < -0.3 is 4.42 Å². The molecule has 136 valence electrons. The van der Waals surface area contributed by atoms with Crippen molar-refractivity contribution in [2.75, 3.05) is 0 Å². The average Bonchev–Trinajstić information content (AvgIpc) is 3.30. The van der Waals surface area contributed by atoms with Crippen molar-refractivity contribution < 1.29 is 4.42 Å². The summed E-state index contributed by atoms with van der Waals surface area (Å²) in [6, 6.07) is 11.8. The van der Waals surface area contributed by atoms with Gasteiger partial charge in [-0.05, 0) is 49.8 Å². The molecule has 0 aliphatic rings. The first-order valence-corrected chi connectivity index (χ1v) is 9.80. The van der Waals surface area contributed by atoms with Crippen molar-refractivity contribution in [2.24, 2.45) is 0 Å². The van der Waals surface area contributed by atoms with Crippen molar-refractivity contribution in [1.29, 1.82) is 0 Å². The Morgan fingerprint density at radius 1 is 1.11 bits per heavy atom. The van der Waals surface area contributed by atoms with Gasteiger partial charge in [0.2, 0.25) is 5.16 Å². The average molecular weight is 397 g/mol. The maximum absolute atomic E-state index is 6.52. The van der Waals surface area contributed by atoms with E-state index in [4.69, 9.17) is 21.0 Å². The van der Waals surface area contributed by atoms with Gasteiger partial charge in [-0.25, -0.2) is 4.98 Å². The van der Waals surface area contributed by atoms with Crippen LogP contribution in [-0.2, 0) is 5.75 Å². The largest absolute Gasteiger partial charge is 0.462 e. The summed E-state index contributed by atoms with van der Waals surface area (Å²) in [5.41, 5.74) is 2.83. The number of thioether (sulfide) groups is 1. The highest BCUT2D eigenvalue weighted by molar-refractivity contribution is 7.98. The maximum atomic E-state index is 6.52. The molecule has 0 saturated heterocycles. The van der Waals surface area contributed by atoms with Crippen LogP contribution in [0, 0.1) is 13.8 Å².